The molecule has 1 aromatic carbocycles. The molecule has 0 saturated heterocycles. The predicted molar refractivity (Wildman–Crippen MR) is 142 cm³/mol. The van der Waals surface area contributed by atoms with Crippen LogP contribution in [0.4, 0.5) is 0 Å². The first kappa shape index (κ1) is 28.7. The summed E-state index contributed by atoms with van der Waals surface area (Å²) >= 11 is 7.89. The Labute approximate surface area is 205 Å². The molecule has 1 aliphatic carbocycles. The number of alkyl halides is 1. The van der Waals surface area contributed by atoms with E-state index in [1.807, 2.05) is 26.0 Å². The third-order valence-electron chi connectivity index (χ3n) is 5.70. The van der Waals surface area contributed by atoms with E-state index in [1.165, 1.54) is 85.8 Å². The second kappa shape index (κ2) is 17.2. The van der Waals surface area contributed by atoms with Crippen molar-refractivity contribution in [3.63, 3.8) is 0 Å². The van der Waals surface area contributed by atoms with Gasteiger partial charge in [-0.2, -0.15) is 0 Å². The van der Waals surface area contributed by atoms with Crippen molar-refractivity contribution < 1.29 is 9.53 Å². The molecule has 0 amide bonds. The highest BCUT2D eigenvalue weighted by Gasteiger charge is 2.26. The maximum Gasteiger partial charge on any atom is 0.348 e. The largest absolute Gasteiger partial charge is 0.465 e. The number of esters is 1. The summed E-state index contributed by atoms with van der Waals surface area (Å²) in [7, 11) is 1.40. The van der Waals surface area contributed by atoms with Crippen LogP contribution in [-0.2, 0) is 17.6 Å². The number of halogens is 1. The van der Waals surface area contributed by atoms with Crippen molar-refractivity contribution in [2.75, 3.05) is 7.11 Å². The average Bonchev–Trinajstić information content (AvgIpc) is 3.48. The molecular formula is C28H43ClO2S. The molecule has 1 fully saturated rings. The van der Waals surface area contributed by atoms with Crippen molar-refractivity contribution >= 4 is 28.9 Å². The van der Waals surface area contributed by atoms with Gasteiger partial charge >= 0.3 is 5.97 Å². The van der Waals surface area contributed by atoms with Gasteiger partial charge in [-0.05, 0) is 55.4 Å². The summed E-state index contributed by atoms with van der Waals surface area (Å²) in [4.78, 5) is 13.0. The molecule has 180 valence electrons. The lowest BCUT2D eigenvalue weighted by molar-refractivity contribution is 0.0606. The SMILES string of the molecule is CC.CCCCCCc1ccc([C@@H]2CCC[C@@H]2Cl)cc1.CCCc1ccc(C(=O)OC)s1. The van der Waals surface area contributed by atoms with Crippen molar-refractivity contribution in [1.82, 2.24) is 0 Å². The maximum absolute atomic E-state index is 11.0. The average molecular weight is 479 g/mol. The zero-order chi connectivity index (χ0) is 23.8. The van der Waals surface area contributed by atoms with Crippen molar-refractivity contribution in [1.29, 1.82) is 0 Å². The minimum absolute atomic E-state index is 0.234. The highest BCUT2D eigenvalue weighted by molar-refractivity contribution is 7.13. The van der Waals surface area contributed by atoms with Crippen LogP contribution in [-0.4, -0.2) is 18.5 Å². The topological polar surface area (TPSA) is 26.3 Å². The fourth-order valence-corrected chi connectivity index (χ4v) is 5.40. The van der Waals surface area contributed by atoms with Crippen LogP contribution in [0.25, 0.3) is 0 Å². The summed E-state index contributed by atoms with van der Waals surface area (Å²) in [5.74, 6) is 0.364. The Hall–Kier alpha value is -1.32. The van der Waals surface area contributed by atoms with Crippen LogP contribution in [0.5, 0.6) is 0 Å². The number of hydrogen-bond donors (Lipinski definition) is 0. The van der Waals surface area contributed by atoms with Crippen molar-refractivity contribution in [2.45, 2.75) is 103 Å². The van der Waals surface area contributed by atoms with Crippen LogP contribution in [0.2, 0.25) is 0 Å². The van der Waals surface area contributed by atoms with E-state index < -0.39 is 0 Å². The van der Waals surface area contributed by atoms with Crippen LogP contribution < -0.4 is 0 Å². The molecule has 3 rings (SSSR count). The number of ether oxygens (including phenoxy) is 1. The molecule has 2 nitrogen and oxygen atoms in total. The molecule has 0 aliphatic heterocycles. The van der Waals surface area contributed by atoms with Crippen molar-refractivity contribution in [3.05, 3.63) is 57.3 Å². The minimum atomic E-state index is -0.234. The zero-order valence-electron chi connectivity index (χ0n) is 20.8. The number of unbranched alkanes of at least 4 members (excludes halogenated alkanes) is 3. The molecular weight excluding hydrogens is 436 g/mol. The molecule has 0 spiro atoms. The van der Waals surface area contributed by atoms with Crippen molar-refractivity contribution in [3.8, 4) is 0 Å². The third kappa shape index (κ3) is 10.1. The van der Waals surface area contributed by atoms with E-state index in [4.69, 9.17) is 11.6 Å². The Morgan fingerprint density at radius 3 is 2.25 bits per heavy atom. The smallest absolute Gasteiger partial charge is 0.348 e. The van der Waals surface area contributed by atoms with Crippen LogP contribution in [0.3, 0.4) is 0 Å². The van der Waals surface area contributed by atoms with E-state index >= 15 is 0 Å². The van der Waals surface area contributed by atoms with Gasteiger partial charge in [0.25, 0.3) is 0 Å². The van der Waals surface area contributed by atoms with Gasteiger partial charge in [-0.15, -0.1) is 22.9 Å². The van der Waals surface area contributed by atoms with Gasteiger partial charge in [0.15, 0.2) is 0 Å². The highest BCUT2D eigenvalue weighted by atomic mass is 35.5. The lowest BCUT2D eigenvalue weighted by atomic mass is 9.95. The predicted octanol–water partition coefficient (Wildman–Crippen LogP) is 9.20. The number of rotatable bonds is 9. The lowest BCUT2D eigenvalue weighted by Crippen LogP contribution is -2.04. The first-order valence-electron chi connectivity index (χ1n) is 12.5. The monoisotopic (exact) mass is 478 g/mol. The second-order valence-corrected chi connectivity index (χ2v) is 9.84. The summed E-state index contributed by atoms with van der Waals surface area (Å²) in [6.45, 7) is 8.39. The molecule has 0 radical (unpaired) electrons. The van der Waals surface area contributed by atoms with E-state index in [-0.39, 0.29) is 5.97 Å². The van der Waals surface area contributed by atoms with Gasteiger partial charge < -0.3 is 4.74 Å². The van der Waals surface area contributed by atoms with Crippen LogP contribution >= 0.6 is 22.9 Å². The molecule has 4 heteroatoms. The van der Waals surface area contributed by atoms with Gasteiger partial charge in [0.05, 0.1) is 7.11 Å². The van der Waals surface area contributed by atoms with E-state index in [2.05, 4.69) is 42.8 Å². The quantitative estimate of drug-likeness (QED) is 0.204. The summed E-state index contributed by atoms with van der Waals surface area (Å²) < 4.78 is 4.60. The molecule has 1 aliphatic rings. The summed E-state index contributed by atoms with van der Waals surface area (Å²) in [6, 6.07) is 13.0. The van der Waals surface area contributed by atoms with Gasteiger partial charge in [0.2, 0.25) is 0 Å². The Bertz CT molecular complexity index is 738. The van der Waals surface area contributed by atoms with Crippen LogP contribution in [0.1, 0.15) is 111 Å². The first-order chi connectivity index (χ1) is 15.6. The van der Waals surface area contributed by atoms with Gasteiger partial charge in [0, 0.05) is 16.2 Å². The molecule has 32 heavy (non-hydrogen) atoms. The summed E-state index contributed by atoms with van der Waals surface area (Å²) in [5.41, 5.74) is 2.93. The molecule has 0 N–H and O–H groups in total. The number of benzene rings is 1. The van der Waals surface area contributed by atoms with Crippen LogP contribution in [0, 0.1) is 0 Å². The molecule has 1 aromatic heterocycles. The second-order valence-electron chi connectivity index (χ2n) is 8.11. The Balaban J connectivity index is 0.000000318. The maximum atomic E-state index is 11.0. The zero-order valence-corrected chi connectivity index (χ0v) is 22.4. The number of hydrogen-bond acceptors (Lipinski definition) is 3. The molecule has 2 atom stereocenters. The molecule has 1 heterocycles. The number of thiophene rings is 1. The lowest BCUT2D eigenvalue weighted by Gasteiger charge is -2.14. The van der Waals surface area contributed by atoms with E-state index in [9.17, 15) is 4.79 Å². The van der Waals surface area contributed by atoms with E-state index in [0.29, 0.717) is 16.2 Å². The minimum Gasteiger partial charge on any atom is -0.465 e. The fraction of sp³-hybridized carbons (Fsp3) is 0.607. The molecule has 0 bridgehead atoms. The Kier molecular flexibility index (Phi) is 15.4. The van der Waals surface area contributed by atoms with E-state index in [0.717, 1.165) is 12.8 Å². The summed E-state index contributed by atoms with van der Waals surface area (Å²) in [6.07, 6.45) is 12.5. The fourth-order valence-electron chi connectivity index (χ4n) is 3.95. The number of carbonyl (C=O) groups is 1. The van der Waals surface area contributed by atoms with Crippen LogP contribution in [0.15, 0.2) is 36.4 Å². The van der Waals surface area contributed by atoms with Crippen molar-refractivity contribution in [2.24, 2.45) is 0 Å². The summed E-state index contributed by atoms with van der Waals surface area (Å²) in [5, 5.41) is 0.361. The number of carbonyl (C=O) groups excluding carboxylic acids is 1. The number of methoxy groups -OCH3 is 1. The van der Waals surface area contributed by atoms with E-state index in [1.54, 1.807) is 0 Å². The number of aryl methyl sites for hydroxylation is 2. The van der Waals surface area contributed by atoms with Gasteiger partial charge in [-0.3, -0.25) is 0 Å². The molecule has 1 saturated carbocycles. The molecule has 0 unspecified atom stereocenters. The normalized spacial score (nSPS) is 17.1. The van der Waals surface area contributed by atoms with Gasteiger partial charge in [0.1, 0.15) is 4.88 Å². The molecule has 2 aromatic rings. The third-order valence-corrected chi connectivity index (χ3v) is 7.35. The Morgan fingerprint density at radius 2 is 1.69 bits per heavy atom. The first-order valence-corrected chi connectivity index (χ1v) is 13.7. The Morgan fingerprint density at radius 1 is 0.969 bits per heavy atom. The van der Waals surface area contributed by atoms with Gasteiger partial charge in [-0.25, -0.2) is 4.79 Å². The standard InChI is InChI=1S/C17H25Cl.C9H12O2S.C2H6/c1-2-3-4-5-7-14-10-12-15(13-11-14)16-8-6-9-17(16)18;1-3-4-7-5-6-8(12-7)9(10)11-2;1-2/h10-13,16-17H,2-9H2,1H3;5-6H,3-4H2,1-2H3;1-2H3/t16-,17-;;/m0../s1. The van der Waals surface area contributed by atoms with Gasteiger partial charge in [-0.1, -0.05) is 84.1 Å². The highest BCUT2D eigenvalue weighted by Crippen LogP contribution is 2.38.